The molecule has 5 nitrogen and oxygen atoms in total. The third kappa shape index (κ3) is 1.44. The predicted molar refractivity (Wildman–Crippen MR) is 61.0 cm³/mol. The normalized spacial score (nSPS) is 18.0. The van der Waals surface area contributed by atoms with E-state index in [1.165, 1.54) is 0 Å². The van der Waals surface area contributed by atoms with E-state index in [-0.39, 0.29) is 0 Å². The number of aromatic nitrogens is 3. The van der Waals surface area contributed by atoms with Crippen LogP contribution in [0.2, 0.25) is 0 Å². The lowest BCUT2D eigenvalue weighted by Gasteiger charge is -2.24. The Morgan fingerprint density at radius 2 is 2.19 bits per heavy atom. The van der Waals surface area contributed by atoms with Crippen molar-refractivity contribution in [1.82, 2.24) is 14.5 Å². The summed E-state index contributed by atoms with van der Waals surface area (Å²) in [6, 6.07) is 4.19. The Kier molecular flexibility index (Phi) is 2.25. The molecule has 1 aliphatic rings. The van der Waals surface area contributed by atoms with E-state index >= 15 is 0 Å². The summed E-state index contributed by atoms with van der Waals surface area (Å²) in [4.78, 5) is 8.68. The van der Waals surface area contributed by atoms with Crippen LogP contribution in [0.25, 0.3) is 11.2 Å². The predicted octanol–water partition coefficient (Wildman–Crippen LogP) is 1.36. The highest BCUT2D eigenvalue weighted by Gasteiger charge is 2.20. The topological polar surface area (TPSA) is 66.0 Å². The Hall–Kier alpha value is -1.62. The number of nitrogens with two attached hydrogens (primary N) is 1. The van der Waals surface area contributed by atoms with E-state index < -0.39 is 0 Å². The SMILES string of the molecule is Nc1nc2cccnc2n1C1CCOCC1. The fraction of sp³-hybridized carbons (Fsp3) is 0.455. The molecule has 2 N–H and O–H groups in total. The molecule has 0 aromatic carbocycles. The summed E-state index contributed by atoms with van der Waals surface area (Å²) in [5.74, 6) is 0.556. The van der Waals surface area contributed by atoms with Crippen LogP contribution in [0.3, 0.4) is 0 Å². The van der Waals surface area contributed by atoms with Gasteiger partial charge in [-0.1, -0.05) is 0 Å². The van der Waals surface area contributed by atoms with Gasteiger partial charge in [0, 0.05) is 25.5 Å². The van der Waals surface area contributed by atoms with Gasteiger partial charge in [0.15, 0.2) is 5.65 Å². The van der Waals surface area contributed by atoms with Gasteiger partial charge in [0.2, 0.25) is 5.95 Å². The minimum Gasteiger partial charge on any atom is -0.381 e. The molecule has 0 amide bonds. The van der Waals surface area contributed by atoms with Crippen LogP contribution in [0.15, 0.2) is 18.3 Å². The van der Waals surface area contributed by atoms with Crippen LogP contribution in [0.5, 0.6) is 0 Å². The summed E-state index contributed by atoms with van der Waals surface area (Å²) < 4.78 is 7.39. The Balaban J connectivity index is 2.10. The summed E-state index contributed by atoms with van der Waals surface area (Å²) in [7, 11) is 0. The number of fused-ring (bicyclic) bond motifs is 1. The van der Waals surface area contributed by atoms with E-state index in [0.717, 1.165) is 37.2 Å². The highest BCUT2D eigenvalue weighted by atomic mass is 16.5. The molecule has 0 bridgehead atoms. The van der Waals surface area contributed by atoms with Crippen LogP contribution in [-0.2, 0) is 4.74 Å². The molecule has 0 aliphatic carbocycles. The third-order valence-electron chi connectivity index (χ3n) is 3.03. The molecule has 1 fully saturated rings. The van der Waals surface area contributed by atoms with Crippen LogP contribution in [0.1, 0.15) is 18.9 Å². The van der Waals surface area contributed by atoms with Crippen molar-refractivity contribution in [2.24, 2.45) is 0 Å². The average Bonchev–Trinajstić information content (AvgIpc) is 2.66. The molecule has 0 radical (unpaired) electrons. The van der Waals surface area contributed by atoms with Gasteiger partial charge in [-0.25, -0.2) is 9.97 Å². The molecular formula is C11H14N4O. The molecule has 84 valence electrons. The van der Waals surface area contributed by atoms with Crippen molar-refractivity contribution in [2.45, 2.75) is 18.9 Å². The van der Waals surface area contributed by atoms with E-state index in [9.17, 15) is 0 Å². The molecule has 0 unspecified atom stereocenters. The molecule has 0 atom stereocenters. The maximum absolute atomic E-state index is 5.96. The van der Waals surface area contributed by atoms with Crippen LogP contribution in [-0.4, -0.2) is 27.7 Å². The quantitative estimate of drug-likeness (QED) is 0.785. The van der Waals surface area contributed by atoms with Gasteiger partial charge < -0.3 is 10.5 Å². The van der Waals surface area contributed by atoms with Crippen LogP contribution < -0.4 is 5.73 Å². The molecule has 1 aliphatic heterocycles. The molecule has 3 rings (SSSR count). The number of anilines is 1. The van der Waals surface area contributed by atoms with E-state index in [1.54, 1.807) is 6.20 Å². The number of imidazole rings is 1. The largest absolute Gasteiger partial charge is 0.381 e. The first-order valence-corrected chi connectivity index (χ1v) is 5.52. The molecule has 3 heterocycles. The van der Waals surface area contributed by atoms with E-state index in [0.29, 0.717) is 12.0 Å². The van der Waals surface area contributed by atoms with E-state index in [4.69, 9.17) is 10.5 Å². The number of nitrogens with zero attached hydrogens (tertiary/aromatic N) is 3. The van der Waals surface area contributed by atoms with Gasteiger partial charge in [0.05, 0.1) is 0 Å². The van der Waals surface area contributed by atoms with Crippen molar-refractivity contribution < 1.29 is 4.74 Å². The van der Waals surface area contributed by atoms with Gasteiger partial charge in [-0.15, -0.1) is 0 Å². The van der Waals surface area contributed by atoms with Crippen molar-refractivity contribution in [3.63, 3.8) is 0 Å². The monoisotopic (exact) mass is 218 g/mol. The van der Waals surface area contributed by atoms with Gasteiger partial charge in [-0.2, -0.15) is 0 Å². The smallest absolute Gasteiger partial charge is 0.202 e. The third-order valence-corrected chi connectivity index (χ3v) is 3.03. The standard InChI is InChI=1S/C11H14N4O/c12-11-14-9-2-1-5-13-10(9)15(11)8-3-6-16-7-4-8/h1-2,5,8H,3-4,6-7H2,(H2,12,14). The molecular weight excluding hydrogens is 204 g/mol. The minimum absolute atomic E-state index is 0.369. The second kappa shape index (κ2) is 3.75. The summed E-state index contributed by atoms with van der Waals surface area (Å²) in [6.07, 6.45) is 3.73. The second-order valence-electron chi connectivity index (χ2n) is 4.03. The zero-order chi connectivity index (χ0) is 11.0. The molecule has 5 heteroatoms. The van der Waals surface area contributed by atoms with Gasteiger partial charge in [0.25, 0.3) is 0 Å². The highest BCUT2D eigenvalue weighted by molar-refractivity contribution is 5.73. The summed E-state index contributed by atoms with van der Waals surface area (Å²) in [6.45, 7) is 1.58. The number of nitrogen functional groups attached to an aromatic ring is 1. The molecule has 0 saturated carbocycles. The summed E-state index contributed by atoms with van der Waals surface area (Å²) in [5, 5.41) is 0. The molecule has 16 heavy (non-hydrogen) atoms. The molecule has 0 spiro atoms. The number of ether oxygens (including phenoxy) is 1. The maximum atomic E-state index is 5.96. The number of hydrogen-bond acceptors (Lipinski definition) is 4. The van der Waals surface area contributed by atoms with Crippen molar-refractivity contribution in [3.05, 3.63) is 18.3 Å². The Morgan fingerprint density at radius 1 is 1.38 bits per heavy atom. The number of rotatable bonds is 1. The Bertz CT molecular complexity index is 502. The summed E-state index contributed by atoms with van der Waals surface area (Å²) >= 11 is 0. The van der Waals surface area contributed by atoms with Crippen molar-refractivity contribution in [1.29, 1.82) is 0 Å². The van der Waals surface area contributed by atoms with Crippen molar-refractivity contribution >= 4 is 17.1 Å². The fourth-order valence-corrected chi connectivity index (χ4v) is 2.25. The first kappa shape index (κ1) is 9.59. The molecule has 2 aromatic heterocycles. The van der Waals surface area contributed by atoms with Gasteiger partial charge in [-0.3, -0.25) is 4.57 Å². The van der Waals surface area contributed by atoms with Gasteiger partial charge in [0.1, 0.15) is 5.52 Å². The highest BCUT2D eigenvalue weighted by Crippen LogP contribution is 2.27. The summed E-state index contributed by atoms with van der Waals surface area (Å²) in [5.41, 5.74) is 7.70. The number of hydrogen-bond donors (Lipinski definition) is 1. The average molecular weight is 218 g/mol. The van der Waals surface area contributed by atoms with E-state index in [2.05, 4.69) is 9.97 Å². The fourth-order valence-electron chi connectivity index (χ4n) is 2.25. The lowest BCUT2D eigenvalue weighted by Crippen LogP contribution is -2.21. The lowest BCUT2D eigenvalue weighted by atomic mass is 10.1. The van der Waals surface area contributed by atoms with Gasteiger partial charge >= 0.3 is 0 Å². The first-order valence-electron chi connectivity index (χ1n) is 5.52. The van der Waals surface area contributed by atoms with Gasteiger partial charge in [-0.05, 0) is 25.0 Å². The lowest BCUT2D eigenvalue weighted by molar-refractivity contribution is 0.0710. The van der Waals surface area contributed by atoms with E-state index in [1.807, 2.05) is 16.7 Å². The first-order chi connectivity index (χ1) is 7.86. The molecule has 2 aromatic rings. The second-order valence-corrected chi connectivity index (χ2v) is 4.03. The van der Waals surface area contributed by atoms with Crippen LogP contribution >= 0.6 is 0 Å². The van der Waals surface area contributed by atoms with Crippen molar-refractivity contribution in [2.75, 3.05) is 18.9 Å². The van der Waals surface area contributed by atoms with Crippen molar-refractivity contribution in [3.8, 4) is 0 Å². The van der Waals surface area contributed by atoms with Crippen LogP contribution in [0.4, 0.5) is 5.95 Å². The minimum atomic E-state index is 0.369. The van der Waals surface area contributed by atoms with Crippen LogP contribution in [0, 0.1) is 0 Å². The molecule has 1 saturated heterocycles. The Morgan fingerprint density at radius 3 is 3.00 bits per heavy atom. The Labute approximate surface area is 93.2 Å². The maximum Gasteiger partial charge on any atom is 0.202 e. The number of pyridine rings is 1. The zero-order valence-electron chi connectivity index (χ0n) is 8.97. The zero-order valence-corrected chi connectivity index (χ0v) is 8.97.